The number of benzene rings is 3. The Morgan fingerprint density at radius 1 is 0.551 bits per heavy atom. The number of nitrogens with zero attached hydrogens (tertiary/aromatic N) is 4. The van der Waals surface area contributed by atoms with Crippen LogP contribution in [0.25, 0.3) is 0 Å². The molecule has 4 aliphatic rings. The van der Waals surface area contributed by atoms with Crippen molar-refractivity contribution in [3.63, 3.8) is 0 Å². The van der Waals surface area contributed by atoms with E-state index in [9.17, 15) is 5.11 Å². The third-order valence-electron chi connectivity index (χ3n) is 12.0. The number of ether oxygens (including phenoxy) is 1. The molecule has 7 rings (SSSR count). The van der Waals surface area contributed by atoms with Crippen LogP contribution in [0.15, 0.2) is 78.9 Å². The highest BCUT2D eigenvalue weighted by Gasteiger charge is 2.28. The second kappa shape index (κ2) is 18.4. The first-order valence-electron chi connectivity index (χ1n) is 19.6. The number of hydrogen-bond donors (Lipinski definition) is 1. The van der Waals surface area contributed by atoms with Gasteiger partial charge >= 0.3 is 0 Å². The zero-order valence-electron chi connectivity index (χ0n) is 30.4. The van der Waals surface area contributed by atoms with Crippen molar-refractivity contribution in [2.75, 3.05) is 52.4 Å². The van der Waals surface area contributed by atoms with E-state index in [1.807, 2.05) is 18.2 Å². The normalized spacial score (nSPS) is 22.2. The maximum absolute atomic E-state index is 9.41. The van der Waals surface area contributed by atoms with Crippen molar-refractivity contribution in [3.05, 3.63) is 95.6 Å². The lowest BCUT2D eigenvalue weighted by atomic mass is 9.93. The lowest BCUT2D eigenvalue weighted by Gasteiger charge is -2.42. The summed E-state index contributed by atoms with van der Waals surface area (Å²) in [5.41, 5.74) is 3.90. The Labute approximate surface area is 297 Å². The molecule has 0 spiro atoms. The summed E-state index contributed by atoms with van der Waals surface area (Å²) in [5.74, 6) is 1.30. The Morgan fingerprint density at radius 3 is 1.43 bits per heavy atom. The lowest BCUT2D eigenvalue weighted by molar-refractivity contribution is 0.0602. The standard InChI is InChI=1S/C25H34N2O.C18H28N2O/c1-21(26-16-18-27(19-17-26)24-10-6-3-7-11-24)23-12-14-25(15-13-23)28-20-22-8-4-2-5-9-22;1-15(16-7-9-18(21)10-8-16)19-11-13-20(14-12-19)17-5-3-2-4-6-17/h2,4-5,8-9,12-15,21,24H,3,6-7,10-11,16-20H2,1H3;7-10,15,17,21H,2-6,11-14H2,1H3. The maximum atomic E-state index is 9.41. The summed E-state index contributed by atoms with van der Waals surface area (Å²) >= 11 is 0. The molecule has 6 nitrogen and oxygen atoms in total. The number of rotatable bonds is 9. The second-order valence-corrected chi connectivity index (χ2v) is 15.0. The van der Waals surface area contributed by atoms with Gasteiger partial charge in [-0.05, 0) is 80.5 Å². The molecule has 2 saturated heterocycles. The van der Waals surface area contributed by atoms with Crippen molar-refractivity contribution in [2.24, 2.45) is 0 Å². The van der Waals surface area contributed by atoms with Crippen molar-refractivity contribution >= 4 is 0 Å². The first-order chi connectivity index (χ1) is 24.0. The van der Waals surface area contributed by atoms with Crippen LogP contribution in [0.1, 0.15) is 107 Å². The van der Waals surface area contributed by atoms with Gasteiger partial charge in [0, 0.05) is 76.5 Å². The number of hydrogen-bond acceptors (Lipinski definition) is 6. The van der Waals surface area contributed by atoms with Gasteiger partial charge in [-0.3, -0.25) is 19.6 Å². The van der Waals surface area contributed by atoms with Gasteiger partial charge in [0.15, 0.2) is 0 Å². The Morgan fingerprint density at radius 2 is 0.980 bits per heavy atom. The third-order valence-corrected chi connectivity index (χ3v) is 12.0. The monoisotopic (exact) mass is 666 g/mol. The molecule has 4 fully saturated rings. The van der Waals surface area contributed by atoms with Crippen LogP contribution in [0.4, 0.5) is 0 Å². The van der Waals surface area contributed by atoms with Crippen LogP contribution in [0, 0.1) is 0 Å². The van der Waals surface area contributed by atoms with Crippen LogP contribution in [-0.4, -0.2) is 89.1 Å². The summed E-state index contributed by atoms with van der Waals surface area (Å²) in [5, 5.41) is 9.41. The Bertz CT molecular complexity index is 1340. The van der Waals surface area contributed by atoms with Crippen LogP contribution in [-0.2, 0) is 6.61 Å². The highest BCUT2D eigenvalue weighted by molar-refractivity contribution is 5.30. The van der Waals surface area contributed by atoms with Gasteiger partial charge in [0.25, 0.3) is 0 Å². The predicted octanol–water partition coefficient (Wildman–Crippen LogP) is 8.68. The van der Waals surface area contributed by atoms with Crippen LogP contribution in [0.5, 0.6) is 11.5 Å². The van der Waals surface area contributed by atoms with E-state index in [0.29, 0.717) is 24.4 Å². The fourth-order valence-corrected chi connectivity index (χ4v) is 8.63. The molecule has 2 heterocycles. The van der Waals surface area contributed by atoms with E-state index in [0.717, 1.165) is 17.8 Å². The number of phenols is 1. The summed E-state index contributed by atoms with van der Waals surface area (Å²) in [7, 11) is 0. The molecule has 6 heteroatoms. The van der Waals surface area contributed by atoms with Gasteiger partial charge in [-0.15, -0.1) is 0 Å². The average molecular weight is 667 g/mol. The van der Waals surface area contributed by atoms with E-state index in [2.05, 4.69) is 82.0 Å². The maximum Gasteiger partial charge on any atom is 0.119 e. The summed E-state index contributed by atoms with van der Waals surface area (Å²) in [6.45, 7) is 14.8. The molecule has 0 aromatic heterocycles. The minimum absolute atomic E-state index is 0.355. The lowest BCUT2D eigenvalue weighted by Crippen LogP contribution is -2.51. The highest BCUT2D eigenvalue weighted by atomic mass is 16.5. The van der Waals surface area contributed by atoms with Crippen molar-refractivity contribution in [3.8, 4) is 11.5 Å². The second-order valence-electron chi connectivity index (χ2n) is 15.0. The minimum atomic E-state index is 0.355. The Hall–Kier alpha value is -2.90. The molecule has 2 saturated carbocycles. The number of piperazine rings is 2. The van der Waals surface area contributed by atoms with Gasteiger partial charge in [-0.25, -0.2) is 0 Å². The molecule has 2 aliphatic heterocycles. The van der Waals surface area contributed by atoms with Gasteiger partial charge < -0.3 is 9.84 Å². The van der Waals surface area contributed by atoms with Crippen LogP contribution in [0.2, 0.25) is 0 Å². The molecule has 2 aliphatic carbocycles. The van der Waals surface area contributed by atoms with Gasteiger partial charge in [-0.2, -0.15) is 0 Å². The van der Waals surface area contributed by atoms with E-state index < -0.39 is 0 Å². The van der Waals surface area contributed by atoms with Gasteiger partial charge in [0.2, 0.25) is 0 Å². The van der Waals surface area contributed by atoms with Gasteiger partial charge in [0.05, 0.1) is 0 Å². The quantitative estimate of drug-likeness (QED) is 0.247. The van der Waals surface area contributed by atoms with Crippen LogP contribution < -0.4 is 4.74 Å². The van der Waals surface area contributed by atoms with Crippen molar-refractivity contribution < 1.29 is 9.84 Å². The number of phenolic OH excluding ortho intramolecular Hbond substituents is 1. The average Bonchev–Trinajstić information content (AvgIpc) is 3.18. The molecule has 3 aromatic rings. The van der Waals surface area contributed by atoms with Crippen molar-refractivity contribution in [1.29, 1.82) is 0 Å². The van der Waals surface area contributed by atoms with Crippen LogP contribution >= 0.6 is 0 Å². The molecule has 0 radical (unpaired) electrons. The van der Waals surface area contributed by atoms with E-state index in [1.54, 1.807) is 12.1 Å². The summed E-state index contributed by atoms with van der Waals surface area (Å²) in [4.78, 5) is 10.7. The third kappa shape index (κ3) is 10.3. The first kappa shape index (κ1) is 35.9. The van der Waals surface area contributed by atoms with Crippen LogP contribution in [0.3, 0.4) is 0 Å². The summed E-state index contributed by atoms with van der Waals surface area (Å²) in [6, 6.07) is 29.4. The molecule has 1 N–H and O–H groups in total. The van der Waals surface area contributed by atoms with Gasteiger partial charge in [-0.1, -0.05) is 93.1 Å². The Kier molecular flexibility index (Phi) is 13.5. The van der Waals surface area contributed by atoms with E-state index in [4.69, 9.17) is 4.74 Å². The molecule has 2 atom stereocenters. The molecule has 0 amide bonds. The van der Waals surface area contributed by atoms with Gasteiger partial charge in [0.1, 0.15) is 18.1 Å². The van der Waals surface area contributed by atoms with Crippen molar-refractivity contribution in [2.45, 2.75) is 109 Å². The molecule has 3 aromatic carbocycles. The molecule has 0 bridgehead atoms. The Balaban J connectivity index is 0.000000177. The summed E-state index contributed by atoms with van der Waals surface area (Å²) < 4.78 is 5.93. The predicted molar refractivity (Wildman–Crippen MR) is 202 cm³/mol. The van der Waals surface area contributed by atoms with E-state index in [-0.39, 0.29) is 0 Å². The molecule has 49 heavy (non-hydrogen) atoms. The van der Waals surface area contributed by atoms with E-state index in [1.165, 1.54) is 133 Å². The molecular formula is C43H62N4O2. The largest absolute Gasteiger partial charge is 0.508 e. The van der Waals surface area contributed by atoms with Crippen molar-refractivity contribution in [1.82, 2.24) is 19.6 Å². The molecule has 2 unspecified atom stereocenters. The fourth-order valence-electron chi connectivity index (χ4n) is 8.63. The SMILES string of the molecule is CC(c1ccc(O)cc1)N1CCN(C2CCCCC2)CC1.CC(c1ccc(OCc2ccccc2)cc1)N1CCN(C2CCCCC2)CC1. The minimum Gasteiger partial charge on any atom is -0.508 e. The molecule has 266 valence electrons. The smallest absolute Gasteiger partial charge is 0.119 e. The highest BCUT2D eigenvalue weighted by Crippen LogP contribution is 2.29. The number of aromatic hydroxyl groups is 1. The zero-order chi connectivity index (χ0) is 33.8. The first-order valence-corrected chi connectivity index (χ1v) is 19.6. The molecular weight excluding hydrogens is 604 g/mol. The fraction of sp³-hybridized carbons (Fsp3) is 0.581. The van der Waals surface area contributed by atoms with E-state index >= 15 is 0 Å². The zero-order valence-corrected chi connectivity index (χ0v) is 30.4. The topological polar surface area (TPSA) is 42.4 Å². The summed E-state index contributed by atoms with van der Waals surface area (Å²) in [6.07, 6.45) is 14.2.